The molecule has 9 nitrogen and oxygen atoms in total. The van der Waals surface area contributed by atoms with E-state index in [0.29, 0.717) is 24.8 Å². The Kier molecular flexibility index (Phi) is 5.49. The zero-order valence-electron chi connectivity index (χ0n) is 17.3. The van der Waals surface area contributed by atoms with Crippen LogP contribution in [0.3, 0.4) is 0 Å². The van der Waals surface area contributed by atoms with E-state index in [-0.39, 0.29) is 6.04 Å². The Hall–Kier alpha value is -2.37. The van der Waals surface area contributed by atoms with E-state index in [9.17, 15) is 8.42 Å². The first-order valence-electron chi connectivity index (χ1n) is 10.5. The van der Waals surface area contributed by atoms with Crippen LogP contribution in [0.4, 0.5) is 16.6 Å². The van der Waals surface area contributed by atoms with Gasteiger partial charge in [0.2, 0.25) is 15.2 Å². The van der Waals surface area contributed by atoms with Gasteiger partial charge < -0.3 is 10.6 Å². The molecule has 0 spiro atoms. The lowest BCUT2D eigenvalue weighted by molar-refractivity contribution is 0.480. The number of fused-ring (bicyclic) bond motifs is 1. The third kappa shape index (κ3) is 4.63. The van der Waals surface area contributed by atoms with E-state index in [1.807, 2.05) is 18.2 Å². The summed E-state index contributed by atoms with van der Waals surface area (Å²) in [7, 11) is -3.15. The fourth-order valence-corrected chi connectivity index (χ4v) is 6.08. The first-order valence-corrected chi connectivity index (χ1v) is 13.2. The van der Waals surface area contributed by atoms with E-state index in [2.05, 4.69) is 30.8 Å². The third-order valence-corrected chi connectivity index (χ3v) is 8.18. The summed E-state index contributed by atoms with van der Waals surface area (Å²) in [6, 6.07) is 5.82. The highest BCUT2D eigenvalue weighted by atomic mass is 32.2. The number of nitrogens with one attached hydrogen (secondary N) is 2. The van der Waals surface area contributed by atoms with Gasteiger partial charge in [-0.15, -0.1) is 10.2 Å². The van der Waals surface area contributed by atoms with Gasteiger partial charge >= 0.3 is 0 Å². The van der Waals surface area contributed by atoms with E-state index in [0.717, 1.165) is 33.3 Å². The lowest BCUT2D eigenvalue weighted by atomic mass is 10.1. The number of sulfonamides is 1. The Balaban J connectivity index is 1.29. The third-order valence-electron chi connectivity index (χ3n) is 5.91. The van der Waals surface area contributed by atoms with Crippen molar-refractivity contribution < 1.29 is 8.42 Å². The maximum Gasteiger partial charge on any atom is 0.211 e. The largest absolute Gasteiger partial charge is 0.380 e. The molecule has 0 bridgehead atoms. The van der Waals surface area contributed by atoms with Crippen LogP contribution in [0.5, 0.6) is 0 Å². The summed E-state index contributed by atoms with van der Waals surface area (Å²) in [5, 5.41) is 17.2. The molecule has 0 amide bonds. The second kappa shape index (κ2) is 8.29. The molecule has 31 heavy (non-hydrogen) atoms. The Morgan fingerprint density at radius 1 is 1.13 bits per heavy atom. The molecule has 11 heteroatoms. The molecule has 2 N–H and O–H groups in total. The molecule has 1 aliphatic carbocycles. The summed E-state index contributed by atoms with van der Waals surface area (Å²) in [5.74, 6) is 1.24. The second-order valence-corrected chi connectivity index (χ2v) is 11.3. The number of hydrogen-bond acceptors (Lipinski definition) is 9. The van der Waals surface area contributed by atoms with Gasteiger partial charge in [-0.1, -0.05) is 24.2 Å². The summed E-state index contributed by atoms with van der Waals surface area (Å²) >= 11 is 1.60. The molecule has 1 unspecified atom stereocenters. The van der Waals surface area contributed by atoms with Crippen LogP contribution in [0.15, 0.2) is 24.4 Å². The standard InChI is InChI=1S/C20H25N7O2S2/c1-31(28,29)27-9-8-14(12-27)22-15-10-17-16(21-11-15)6-7-18(23-17)24-20-26-25-19(30-20)13-4-2-3-5-13/h6-7,10-11,13-14,22H,2-5,8-9,12H2,1H3,(H,23,24,26). The maximum atomic E-state index is 11.7. The van der Waals surface area contributed by atoms with Crippen molar-refractivity contribution >= 4 is 49.0 Å². The van der Waals surface area contributed by atoms with Gasteiger partial charge in [0.1, 0.15) is 10.8 Å². The summed E-state index contributed by atoms with van der Waals surface area (Å²) < 4.78 is 25.0. The lowest BCUT2D eigenvalue weighted by Crippen LogP contribution is -2.30. The molecule has 0 aromatic carbocycles. The minimum absolute atomic E-state index is 0.0608. The second-order valence-electron chi connectivity index (χ2n) is 8.26. The summed E-state index contributed by atoms with van der Waals surface area (Å²) in [4.78, 5) is 9.17. The fraction of sp³-hybridized carbons (Fsp3) is 0.500. The highest BCUT2D eigenvalue weighted by molar-refractivity contribution is 7.88. The van der Waals surface area contributed by atoms with Gasteiger partial charge in [0.15, 0.2) is 0 Å². The Morgan fingerprint density at radius 2 is 1.97 bits per heavy atom. The summed E-state index contributed by atoms with van der Waals surface area (Å²) in [6.07, 6.45) is 8.73. The van der Waals surface area contributed by atoms with Crippen molar-refractivity contribution in [2.24, 2.45) is 0 Å². The molecule has 3 aromatic heterocycles. The van der Waals surface area contributed by atoms with Crippen LogP contribution >= 0.6 is 11.3 Å². The zero-order chi connectivity index (χ0) is 21.4. The smallest absolute Gasteiger partial charge is 0.211 e. The van der Waals surface area contributed by atoms with E-state index >= 15 is 0 Å². The zero-order valence-corrected chi connectivity index (χ0v) is 18.9. The Morgan fingerprint density at radius 3 is 2.74 bits per heavy atom. The molecule has 0 radical (unpaired) electrons. The van der Waals surface area contributed by atoms with Gasteiger partial charge in [-0.2, -0.15) is 0 Å². The number of anilines is 3. The van der Waals surface area contributed by atoms with Crippen LogP contribution in [-0.2, 0) is 10.0 Å². The molecular formula is C20H25N7O2S2. The van der Waals surface area contributed by atoms with Crippen LogP contribution in [0.1, 0.15) is 43.0 Å². The molecule has 2 aliphatic rings. The number of aromatic nitrogens is 4. The minimum atomic E-state index is -3.15. The normalized spacial score (nSPS) is 20.5. The van der Waals surface area contributed by atoms with E-state index < -0.39 is 10.0 Å². The van der Waals surface area contributed by atoms with Gasteiger partial charge in [-0.3, -0.25) is 4.98 Å². The van der Waals surface area contributed by atoms with Crippen LogP contribution in [0.25, 0.3) is 11.0 Å². The molecule has 1 saturated carbocycles. The molecule has 3 aromatic rings. The summed E-state index contributed by atoms with van der Waals surface area (Å²) in [6.45, 7) is 1.00. The van der Waals surface area contributed by atoms with Crippen LogP contribution in [0.2, 0.25) is 0 Å². The Bertz CT molecular complexity index is 1190. The predicted octanol–water partition coefficient (Wildman–Crippen LogP) is 3.33. The minimum Gasteiger partial charge on any atom is -0.380 e. The highest BCUT2D eigenvalue weighted by Crippen LogP contribution is 2.37. The van der Waals surface area contributed by atoms with Gasteiger partial charge in [0.25, 0.3) is 0 Å². The van der Waals surface area contributed by atoms with E-state index in [1.54, 1.807) is 17.5 Å². The molecule has 5 rings (SSSR count). The summed E-state index contributed by atoms with van der Waals surface area (Å²) in [5.41, 5.74) is 2.38. The topological polar surface area (TPSA) is 113 Å². The van der Waals surface area contributed by atoms with Crippen molar-refractivity contribution in [2.75, 3.05) is 30.0 Å². The first-order chi connectivity index (χ1) is 14.9. The lowest BCUT2D eigenvalue weighted by Gasteiger charge is -2.15. The average Bonchev–Trinajstić information content (AvgIpc) is 3.49. The van der Waals surface area contributed by atoms with Crippen LogP contribution in [0, 0.1) is 0 Å². The van der Waals surface area contributed by atoms with Crippen molar-refractivity contribution in [3.8, 4) is 0 Å². The SMILES string of the molecule is CS(=O)(=O)N1CCC(Nc2cnc3ccc(Nc4nnc(C5CCCC5)s4)nc3c2)C1. The number of pyridine rings is 2. The van der Waals surface area contributed by atoms with Crippen molar-refractivity contribution in [1.29, 1.82) is 0 Å². The Labute approximate surface area is 185 Å². The maximum absolute atomic E-state index is 11.7. The molecular weight excluding hydrogens is 434 g/mol. The molecule has 1 saturated heterocycles. The molecule has 2 fully saturated rings. The van der Waals surface area contributed by atoms with Gasteiger partial charge in [0.05, 0.1) is 29.2 Å². The van der Waals surface area contributed by atoms with Gasteiger partial charge in [0, 0.05) is 25.0 Å². The number of nitrogens with zero attached hydrogens (tertiary/aromatic N) is 5. The molecule has 164 valence electrons. The van der Waals surface area contributed by atoms with Gasteiger partial charge in [-0.05, 0) is 37.5 Å². The monoisotopic (exact) mass is 459 g/mol. The molecule has 4 heterocycles. The highest BCUT2D eigenvalue weighted by Gasteiger charge is 2.28. The van der Waals surface area contributed by atoms with Crippen molar-refractivity contribution in [3.63, 3.8) is 0 Å². The van der Waals surface area contributed by atoms with Crippen molar-refractivity contribution in [1.82, 2.24) is 24.5 Å². The number of rotatable bonds is 6. The van der Waals surface area contributed by atoms with Gasteiger partial charge in [-0.25, -0.2) is 17.7 Å². The predicted molar refractivity (Wildman–Crippen MR) is 122 cm³/mol. The first kappa shape index (κ1) is 20.5. The fourth-order valence-electron chi connectivity index (χ4n) is 4.27. The quantitative estimate of drug-likeness (QED) is 0.577. The van der Waals surface area contributed by atoms with Crippen LogP contribution in [-0.4, -0.2) is 58.3 Å². The van der Waals surface area contributed by atoms with E-state index in [4.69, 9.17) is 0 Å². The molecule has 1 atom stereocenters. The van der Waals surface area contributed by atoms with Crippen molar-refractivity contribution in [2.45, 2.75) is 44.1 Å². The van der Waals surface area contributed by atoms with E-state index in [1.165, 1.54) is 36.2 Å². The number of hydrogen-bond donors (Lipinski definition) is 2. The van der Waals surface area contributed by atoms with Crippen LogP contribution < -0.4 is 10.6 Å². The average molecular weight is 460 g/mol. The van der Waals surface area contributed by atoms with Crippen molar-refractivity contribution in [3.05, 3.63) is 29.4 Å². The molecule has 1 aliphatic heterocycles.